The van der Waals surface area contributed by atoms with Crippen LogP contribution in [0.15, 0.2) is 18.2 Å². The van der Waals surface area contributed by atoms with Crippen molar-refractivity contribution < 1.29 is 14.3 Å². The lowest BCUT2D eigenvalue weighted by atomic mass is 9.62. The summed E-state index contributed by atoms with van der Waals surface area (Å²) in [6, 6.07) is 5.93. The van der Waals surface area contributed by atoms with Crippen molar-refractivity contribution in [2.24, 2.45) is 0 Å². The van der Waals surface area contributed by atoms with Crippen molar-refractivity contribution in [3.63, 3.8) is 0 Å². The lowest BCUT2D eigenvalue weighted by Gasteiger charge is -2.42. The summed E-state index contributed by atoms with van der Waals surface area (Å²) in [6.07, 6.45) is 1.53. The molecule has 0 aromatic heterocycles. The van der Waals surface area contributed by atoms with E-state index in [9.17, 15) is 4.79 Å². The molecule has 1 aliphatic carbocycles. The molecule has 0 saturated carbocycles. The van der Waals surface area contributed by atoms with Crippen LogP contribution in [-0.4, -0.2) is 45.7 Å². The van der Waals surface area contributed by atoms with Gasteiger partial charge < -0.3 is 14.4 Å². The third-order valence-electron chi connectivity index (χ3n) is 3.89. The second-order valence-corrected chi connectivity index (χ2v) is 5.33. The van der Waals surface area contributed by atoms with E-state index in [-0.39, 0.29) is 5.97 Å². The Labute approximate surface area is 114 Å². The van der Waals surface area contributed by atoms with Gasteiger partial charge in [-0.3, -0.25) is 4.79 Å². The molecule has 1 atom stereocenters. The first-order chi connectivity index (χ1) is 9.03. The molecule has 0 fully saturated rings. The molecular formula is C15H21NO3. The van der Waals surface area contributed by atoms with E-state index >= 15 is 0 Å². The van der Waals surface area contributed by atoms with Gasteiger partial charge in [-0.15, -0.1) is 0 Å². The van der Waals surface area contributed by atoms with Crippen LogP contribution in [0.4, 0.5) is 0 Å². The number of nitrogens with zero attached hydrogens (tertiary/aromatic N) is 1. The van der Waals surface area contributed by atoms with Crippen molar-refractivity contribution in [3.8, 4) is 5.75 Å². The predicted molar refractivity (Wildman–Crippen MR) is 73.6 cm³/mol. The molecule has 0 N–H and O–H groups in total. The predicted octanol–water partition coefficient (Wildman–Crippen LogP) is 1.61. The molecule has 0 radical (unpaired) electrons. The van der Waals surface area contributed by atoms with Gasteiger partial charge >= 0.3 is 5.97 Å². The highest BCUT2D eigenvalue weighted by molar-refractivity contribution is 5.87. The van der Waals surface area contributed by atoms with E-state index in [1.165, 1.54) is 12.7 Å². The largest absolute Gasteiger partial charge is 0.497 e. The zero-order valence-corrected chi connectivity index (χ0v) is 12.0. The first kappa shape index (κ1) is 13.9. The molecule has 0 spiro atoms. The van der Waals surface area contributed by atoms with Gasteiger partial charge in [0, 0.05) is 0 Å². The molecule has 1 aliphatic rings. The Morgan fingerprint density at radius 2 is 2.11 bits per heavy atom. The normalized spacial score (nSPS) is 20.7. The fraction of sp³-hybridized carbons (Fsp3) is 0.533. The summed E-state index contributed by atoms with van der Waals surface area (Å²) in [7, 11) is 7.12. The molecule has 1 aromatic rings. The van der Waals surface area contributed by atoms with E-state index in [1.807, 2.05) is 32.3 Å². The van der Waals surface area contributed by atoms with Gasteiger partial charge in [-0.1, -0.05) is 6.07 Å². The topological polar surface area (TPSA) is 38.8 Å². The van der Waals surface area contributed by atoms with E-state index in [1.54, 1.807) is 7.11 Å². The number of methoxy groups -OCH3 is 2. The van der Waals surface area contributed by atoms with Gasteiger partial charge in [0.25, 0.3) is 0 Å². The van der Waals surface area contributed by atoms with Gasteiger partial charge in [0.15, 0.2) is 0 Å². The first-order valence-corrected chi connectivity index (χ1v) is 6.44. The number of benzene rings is 1. The first-order valence-electron chi connectivity index (χ1n) is 6.44. The fourth-order valence-electron chi connectivity index (χ4n) is 2.71. The minimum Gasteiger partial charge on any atom is -0.497 e. The van der Waals surface area contributed by atoms with Gasteiger partial charge in [0.2, 0.25) is 0 Å². The average molecular weight is 263 g/mol. The molecule has 0 bridgehead atoms. The zero-order valence-electron chi connectivity index (χ0n) is 12.0. The van der Waals surface area contributed by atoms with Gasteiger partial charge in [-0.05, 0) is 56.7 Å². The Hall–Kier alpha value is -1.55. The number of rotatable bonds is 5. The molecule has 19 heavy (non-hydrogen) atoms. The standard InChI is InChI=1S/C15H21NO3/c1-16(2)8-7-15(14(17)19-4)10-11-5-6-12(18-3)9-13(11)15/h5-6,9H,7-8,10H2,1-4H3. The molecule has 0 aliphatic heterocycles. The summed E-state index contributed by atoms with van der Waals surface area (Å²) in [5.41, 5.74) is 1.77. The van der Waals surface area contributed by atoms with Crippen LogP contribution in [-0.2, 0) is 21.4 Å². The highest BCUT2D eigenvalue weighted by Crippen LogP contribution is 2.46. The summed E-state index contributed by atoms with van der Waals surface area (Å²) in [4.78, 5) is 14.3. The molecule has 1 unspecified atom stereocenters. The summed E-state index contributed by atoms with van der Waals surface area (Å²) in [6.45, 7) is 0.853. The van der Waals surface area contributed by atoms with Crippen LogP contribution < -0.4 is 4.74 Å². The smallest absolute Gasteiger partial charge is 0.316 e. The van der Waals surface area contributed by atoms with Gasteiger partial charge in [0.1, 0.15) is 5.75 Å². The van der Waals surface area contributed by atoms with Crippen molar-refractivity contribution >= 4 is 5.97 Å². The van der Waals surface area contributed by atoms with Crippen LogP contribution in [0.25, 0.3) is 0 Å². The Balaban J connectivity index is 2.33. The van der Waals surface area contributed by atoms with Gasteiger partial charge in [0.05, 0.1) is 19.6 Å². The van der Waals surface area contributed by atoms with Crippen molar-refractivity contribution in [1.82, 2.24) is 4.90 Å². The van der Waals surface area contributed by atoms with Crippen molar-refractivity contribution in [1.29, 1.82) is 0 Å². The minimum absolute atomic E-state index is 0.143. The molecule has 0 saturated heterocycles. The maximum absolute atomic E-state index is 12.2. The Morgan fingerprint density at radius 1 is 1.37 bits per heavy atom. The van der Waals surface area contributed by atoms with E-state index in [0.717, 1.165) is 30.7 Å². The quantitative estimate of drug-likeness (QED) is 0.757. The molecule has 2 rings (SSSR count). The molecule has 104 valence electrons. The summed E-state index contributed by atoms with van der Waals surface area (Å²) >= 11 is 0. The second-order valence-electron chi connectivity index (χ2n) is 5.33. The van der Waals surface area contributed by atoms with Gasteiger partial charge in [-0.25, -0.2) is 0 Å². The van der Waals surface area contributed by atoms with Crippen molar-refractivity contribution in [3.05, 3.63) is 29.3 Å². The van der Waals surface area contributed by atoms with Crippen LogP contribution in [0, 0.1) is 0 Å². The van der Waals surface area contributed by atoms with Crippen LogP contribution in [0.2, 0.25) is 0 Å². The molecule has 0 amide bonds. The average Bonchev–Trinajstić information content (AvgIpc) is 2.39. The minimum atomic E-state index is -0.497. The van der Waals surface area contributed by atoms with E-state index in [2.05, 4.69) is 4.90 Å². The number of carbonyl (C=O) groups is 1. The lowest BCUT2D eigenvalue weighted by Crippen LogP contribution is -2.48. The monoisotopic (exact) mass is 263 g/mol. The molecule has 0 heterocycles. The summed E-state index contributed by atoms with van der Waals surface area (Å²) < 4.78 is 10.3. The molecule has 4 nitrogen and oxygen atoms in total. The van der Waals surface area contributed by atoms with E-state index in [0.29, 0.717) is 0 Å². The van der Waals surface area contributed by atoms with Crippen LogP contribution in [0.5, 0.6) is 5.75 Å². The van der Waals surface area contributed by atoms with Crippen molar-refractivity contribution in [2.45, 2.75) is 18.3 Å². The third-order valence-corrected chi connectivity index (χ3v) is 3.89. The highest BCUT2D eigenvalue weighted by Gasteiger charge is 2.49. The number of esters is 1. The number of carbonyl (C=O) groups excluding carboxylic acids is 1. The fourth-order valence-corrected chi connectivity index (χ4v) is 2.71. The third kappa shape index (κ3) is 2.32. The Kier molecular flexibility index (Phi) is 3.80. The Bertz CT molecular complexity index is 484. The van der Waals surface area contributed by atoms with Crippen molar-refractivity contribution in [2.75, 3.05) is 34.9 Å². The summed E-state index contributed by atoms with van der Waals surface area (Å²) in [5.74, 6) is 0.645. The zero-order chi connectivity index (χ0) is 14.0. The SMILES string of the molecule is COC(=O)C1(CCN(C)C)Cc2ccc(OC)cc21. The van der Waals surface area contributed by atoms with Crippen LogP contribution >= 0.6 is 0 Å². The number of hydrogen-bond acceptors (Lipinski definition) is 4. The highest BCUT2D eigenvalue weighted by atomic mass is 16.5. The van der Waals surface area contributed by atoms with E-state index in [4.69, 9.17) is 9.47 Å². The van der Waals surface area contributed by atoms with Crippen LogP contribution in [0.3, 0.4) is 0 Å². The lowest BCUT2D eigenvalue weighted by molar-refractivity contribution is -0.149. The maximum Gasteiger partial charge on any atom is 0.316 e. The summed E-state index contributed by atoms with van der Waals surface area (Å²) in [5, 5.41) is 0. The molecule has 1 aromatic carbocycles. The number of hydrogen-bond donors (Lipinski definition) is 0. The molecule has 4 heteroatoms. The number of fused-ring (bicyclic) bond motifs is 1. The van der Waals surface area contributed by atoms with Crippen LogP contribution in [0.1, 0.15) is 17.5 Å². The number of ether oxygens (including phenoxy) is 2. The Morgan fingerprint density at radius 3 is 2.68 bits per heavy atom. The molecular weight excluding hydrogens is 242 g/mol. The van der Waals surface area contributed by atoms with Gasteiger partial charge in [-0.2, -0.15) is 0 Å². The van der Waals surface area contributed by atoms with E-state index < -0.39 is 5.41 Å². The second kappa shape index (κ2) is 5.21. The maximum atomic E-state index is 12.2.